The van der Waals surface area contributed by atoms with Crippen LogP contribution < -0.4 is 10.5 Å². The molecule has 4 aromatic rings. The fourth-order valence-electron chi connectivity index (χ4n) is 5.15. The van der Waals surface area contributed by atoms with E-state index in [4.69, 9.17) is 15.2 Å². The highest BCUT2D eigenvalue weighted by Gasteiger charge is 2.30. The minimum atomic E-state index is -1.04. The summed E-state index contributed by atoms with van der Waals surface area (Å²) in [5.41, 5.74) is 11.6. The topological polar surface area (TPSA) is 101 Å². The van der Waals surface area contributed by atoms with Crippen molar-refractivity contribution in [2.24, 2.45) is 5.73 Å². The molecule has 1 aliphatic carbocycles. The summed E-state index contributed by atoms with van der Waals surface area (Å²) in [6, 6.07) is 14.1. The SMILES string of the molecule is COC(=O)COc1cc2c(c3c1c(C(=O)C(N)=O)c(C)n3Cc1ccccc1-c1ccc(Br)s1)CCC2. The zero-order valence-electron chi connectivity index (χ0n) is 20.4. The Morgan fingerprint density at radius 3 is 2.62 bits per heavy atom. The zero-order valence-corrected chi connectivity index (χ0v) is 22.8. The molecule has 0 spiro atoms. The van der Waals surface area contributed by atoms with Crippen molar-refractivity contribution in [2.45, 2.75) is 32.7 Å². The molecule has 5 rings (SSSR count). The molecule has 0 atom stereocenters. The third-order valence-corrected chi connectivity index (χ3v) is 8.49. The first-order chi connectivity index (χ1) is 17.8. The molecule has 0 aliphatic heterocycles. The lowest BCUT2D eigenvalue weighted by Gasteiger charge is -2.15. The summed E-state index contributed by atoms with van der Waals surface area (Å²) in [4.78, 5) is 38.2. The van der Waals surface area contributed by atoms with E-state index in [-0.39, 0.29) is 12.2 Å². The Bertz CT molecular complexity index is 1570. The second-order valence-electron chi connectivity index (χ2n) is 8.96. The maximum Gasteiger partial charge on any atom is 0.343 e. The number of nitrogens with two attached hydrogens (primary N) is 1. The van der Waals surface area contributed by atoms with Gasteiger partial charge in [0.2, 0.25) is 0 Å². The molecular weight excluding hydrogens is 556 g/mol. The smallest absolute Gasteiger partial charge is 0.343 e. The summed E-state index contributed by atoms with van der Waals surface area (Å²) in [6.45, 7) is 1.99. The number of fused-ring (bicyclic) bond motifs is 3. The first-order valence-electron chi connectivity index (χ1n) is 11.8. The maximum absolute atomic E-state index is 13.1. The Balaban J connectivity index is 1.75. The number of halogens is 1. The average Bonchev–Trinajstić information content (AvgIpc) is 3.60. The number of primary amides is 1. The Hall–Kier alpha value is -3.43. The molecule has 190 valence electrons. The Morgan fingerprint density at radius 1 is 1.14 bits per heavy atom. The van der Waals surface area contributed by atoms with Gasteiger partial charge in [-0.2, -0.15) is 0 Å². The van der Waals surface area contributed by atoms with E-state index in [1.807, 2.05) is 31.2 Å². The minimum absolute atomic E-state index is 0.216. The van der Waals surface area contributed by atoms with Gasteiger partial charge in [-0.1, -0.05) is 24.3 Å². The van der Waals surface area contributed by atoms with Crippen molar-refractivity contribution >= 4 is 55.8 Å². The van der Waals surface area contributed by atoms with Crippen LogP contribution in [0.3, 0.4) is 0 Å². The number of ether oxygens (including phenoxy) is 2. The van der Waals surface area contributed by atoms with Crippen molar-refractivity contribution in [1.29, 1.82) is 0 Å². The number of aryl methyl sites for hydroxylation is 2. The third-order valence-electron chi connectivity index (χ3n) is 6.83. The number of carbonyl (C=O) groups is 3. The highest BCUT2D eigenvalue weighted by Crippen LogP contribution is 2.42. The van der Waals surface area contributed by atoms with Crippen molar-refractivity contribution in [3.05, 3.63) is 74.2 Å². The van der Waals surface area contributed by atoms with Crippen molar-refractivity contribution in [2.75, 3.05) is 13.7 Å². The van der Waals surface area contributed by atoms with Gasteiger partial charge in [0.05, 0.1) is 27.4 Å². The summed E-state index contributed by atoms with van der Waals surface area (Å²) in [5.74, 6) is -1.98. The molecule has 0 bridgehead atoms. The van der Waals surface area contributed by atoms with E-state index in [9.17, 15) is 14.4 Å². The van der Waals surface area contributed by atoms with Gasteiger partial charge in [0.15, 0.2) is 6.61 Å². The van der Waals surface area contributed by atoms with Crippen LogP contribution in [0.15, 0.2) is 46.3 Å². The molecule has 0 fully saturated rings. The van der Waals surface area contributed by atoms with Gasteiger partial charge in [-0.05, 0) is 82.6 Å². The van der Waals surface area contributed by atoms with Crippen LogP contribution in [0.4, 0.5) is 0 Å². The highest BCUT2D eigenvalue weighted by atomic mass is 79.9. The molecule has 9 heteroatoms. The van der Waals surface area contributed by atoms with Crippen LogP contribution in [0, 0.1) is 6.92 Å². The molecule has 1 amide bonds. The van der Waals surface area contributed by atoms with Crippen molar-refractivity contribution < 1.29 is 23.9 Å². The summed E-state index contributed by atoms with van der Waals surface area (Å²) < 4.78 is 13.8. The number of rotatable bonds is 8. The van der Waals surface area contributed by atoms with E-state index in [1.54, 1.807) is 11.3 Å². The van der Waals surface area contributed by atoms with Crippen LogP contribution >= 0.6 is 27.3 Å². The summed E-state index contributed by atoms with van der Waals surface area (Å²) >= 11 is 5.20. The van der Waals surface area contributed by atoms with E-state index >= 15 is 0 Å². The molecule has 0 saturated heterocycles. The van der Waals surface area contributed by atoms with E-state index < -0.39 is 17.7 Å². The number of Topliss-reactive ketones (excluding diaryl/α,β-unsaturated/α-hetero) is 1. The van der Waals surface area contributed by atoms with Crippen LogP contribution in [0.5, 0.6) is 5.75 Å². The van der Waals surface area contributed by atoms with E-state index in [1.165, 1.54) is 7.11 Å². The molecule has 2 N–H and O–H groups in total. The Labute approximate surface area is 226 Å². The van der Waals surface area contributed by atoms with Gasteiger partial charge in [0.25, 0.3) is 11.7 Å². The molecule has 37 heavy (non-hydrogen) atoms. The summed E-state index contributed by atoms with van der Waals surface area (Å²) in [7, 11) is 1.29. The number of esters is 1. The fourth-order valence-corrected chi connectivity index (χ4v) is 6.60. The van der Waals surface area contributed by atoms with E-state index in [0.29, 0.717) is 23.4 Å². The molecule has 2 heterocycles. The molecular formula is C28H25BrN2O5S. The number of ketones is 1. The second kappa shape index (κ2) is 10.1. The molecule has 0 radical (unpaired) electrons. The normalized spacial score (nSPS) is 12.5. The number of hydrogen-bond acceptors (Lipinski definition) is 6. The van der Waals surface area contributed by atoms with Gasteiger partial charge in [-0.3, -0.25) is 9.59 Å². The van der Waals surface area contributed by atoms with Gasteiger partial charge < -0.3 is 19.8 Å². The number of amides is 1. The molecule has 7 nitrogen and oxygen atoms in total. The van der Waals surface area contributed by atoms with Crippen LogP contribution in [0.25, 0.3) is 21.3 Å². The zero-order chi connectivity index (χ0) is 26.3. The molecule has 1 aliphatic rings. The average molecular weight is 581 g/mol. The lowest BCUT2D eigenvalue weighted by atomic mass is 10.0. The maximum atomic E-state index is 13.1. The quantitative estimate of drug-likeness (QED) is 0.175. The lowest BCUT2D eigenvalue weighted by molar-refractivity contribution is -0.142. The predicted octanol–water partition coefficient (Wildman–Crippen LogP) is 5.20. The number of aromatic nitrogens is 1. The monoisotopic (exact) mass is 580 g/mol. The number of carbonyl (C=O) groups excluding carboxylic acids is 3. The van der Waals surface area contributed by atoms with Gasteiger partial charge in [0.1, 0.15) is 5.75 Å². The number of hydrogen-bond donors (Lipinski definition) is 1. The predicted molar refractivity (Wildman–Crippen MR) is 146 cm³/mol. The van der Waals surface area contributed by atoms with Crippen molar-refractivity contribution in [1.82, 2.24) is 4.57 Å². The summed E-state index contributed by atoms with van der Waals surface area (Å²) in [5, 5.41) is 0.516. The third kappa shape index (κ3) is 4.57. The van der Waals surface area contributed by atoms with E-state index in [0.717, 1.165) is 55.7 Å². The van der Waals surface area contributed by atoms with Crippen LogP contribution in [-0.4, -0.2) is 35.9 Å². The Kier molecular flexibility index (Phi) is 6.92. The molecule has 0 saturated carbocycles. The number of benzene rings is 2. The molecule has 0 unspecified atom stereocenters. The lowest BCUT2D eigenvalue weighted by Crippen LogP contribution is -2.24. The van der Waals surface area contributed by atoms with Crippen molar-refractivity contribution in [3.8, 4) is 16.2 Å². The van der Waals surface area contributed by atoms with Crippen LogP contribution in [0.2, 0.25) is 0 Å². The van der Waals surface area contributed by atoms with Crippen LogP contribution in [-0.2, 0) is 33.7 Å². The highest BCUT2D eigenvalue weighted by molar-refractivity contribution is 9.11. The van der Waals surface area contributed by atoms with Gasteiger partial charge in [-0.25, -0.2) is 4.79 Å². The second-order valence-corrected chi connectivity index (χ2v) is 11.4. The van der Waals surface area contributed by atoms with E-state index in [2.05, 4.69) is 38.7 Å². The fraction of sp³-hybridized carbons (Fsp3) is 0.250. The minimum Gasteiger partial charge on any atom is -0.481 e. The van der Waals surface area contributed by atoms with Gasteiger partial charge >= 0.3 is 5.97 Å². The molecule has 2 aromatic heterocycles. The molecule has 2 aromatic carbocycles. The standard InChI is InChI=1S/C28H25BrN2O5S/c1-15-24(27(33)28(30)34)25-20(36-14-23(32)35-2)12-16-7-5-9-19(16)26(25)31(15)13-17-6-3-4-8-18(17)21-10-11-22(29)37-21/h3-4,6,8,10-12H,5,7,9,13-14H2,1-2H3,(H2,30,34). The summed E-state index contributed by atoms with van der Waals surface area (Å²) in [6.07, 6.45) is 2.67. The largest absolute Gasteiger partial charge is 0.481 e. The first kappa shape index (κ1) is 25.2. The first-order valence-corrected chi connectivity index (χ1v) is 13.5. The number of nitrogens with zero attached hydrogens (tertiary/aromatic N) is 1. The number of methoxy groups -OCH3 is 1. The van der Waals surface area contributed by atoms with Gasteiger partial charge in [0, 0.05) is 17.1 Å². The van der Waals surface area contributed by atoms with Crippen molar-refractivity contribution in [3.63, 3.8) is 0 Å². The Morgan fingerprint density at radius 2 is 1.92 bits per heavy atom. The van der Waals surface area contributed by atoms with Crippen LogP contribution in [0.1, 0.15) is 39.2 Å². The number of thiophene rings is 1. The van der Waals surface area contributed by atoms with Gasteiger partial charge in [-0.15, -0.1) is 11.3 Å².